The van der Waals surface area contributed by atoms with Gasteiger partial charge in [-0.2, -0.15) is 0 Å². The second kappa shape index (κ2) is 11.4. The smallest absolute Gasteiger partial charge is 0.186 e. The minimum atomic E-state index is -1.46. The lowest BCUT2D eigenvalue weighted by Gasteiger charge is -2.36. The first kappa shape index (κ1) is 24.9. The van der Waals surface area contributed by atoms with Crippen LogP contribution in [0.3, 0.4) is 0 Å². The van der Waals surface area contributed by atoms with Gasteiger partial charge in [0.15, 0.2) is 17.8 Å². The fraction of sp³-hybridized carbons (Fsp3) is 0.458. The molecule has 5 unspecified atom stereocenters. The van der Waals surface area contributed by atoms with Gasteiger partial charge < -0.3 is 40.1 Å². The van der Waals surface area contributed by atoms with Crippen LogP contribution >= 0.6 is 0 Å². The van der Waals surface area contributed by atoms with E-state index in [1.54, 1.807) is 30.3 Å². The molecule has 33 heavy (non-hydrogen) atoms. The van der Waals surface area contributed by atoms with E-state index in [-0.39, 0.29) is 42.5 Å². The van der Waals surface area contributed by atoms with Crippen LogP contribution in [0.4, 0.5) is 0 Å². The Morgan fingerprint density at radius 2 is 1.64 bits per heavy atom. The minimum absolute atomic E-state index is 0.0351. The zero-order valence-electron chi connectivity index (χ0n) is 18.1. The fourth-order valence-electron chi connectivity index (χ4n) is 3.66. The van der Waals surface area contributed by atoms with Gasteiger partial charge in [0.05, 0.1) is 12.7 Å². The number of carbonyl (C=O) groups excluding carboxylic acids is 1. The van der Waals surface area contributed by atoms with Crippen molar-refractivity contribution in [2.45, 2.75) is 62.8 Å². The number of benzene rings is 2. The van der Waals surface area contributed by atoms with Crippen LogP contribution in [0.15, 0.2) is 42.5 Å². The van der Waals surface area contributed by atoms with Gasteiger partial charge in [0, 0.05) is 12.8 Å². The van der Waals surface area contributed by atoms with E-state index in [4.69, 9.17) is 9.47 Å². The van der Waals surface area contributed by atoms with Gasteiger partial charge in [-0.3, -0.25) is 4.79 Å². The third-order valence-electron chi connectivity index (χ3n) is 5.66. The van der Waals surface area contributed by atoms with E-state index in [9.17, 15) is 35.4 Å². The molecule has 180 valence electrons. The van der Waals surface area contributed by atoms with Gasteiger partial charge in [0.1, 0.15) is 29.8 Å². The second-order valence-corrected chi connectivity index (χ2v) is 8.28. The Morgan fingerprint density at radius 3 is 2.33 bits per heavy atom. The molecule has 0 amide bonds. The summed E-state index contributed by atoms with van der Waals surface area (Å²) in [7, 11) is 0. The molecule has 5 atom stereocenters. The predicted molar refractivity (Wildman–Crippen MR) is 117 cm³/mol. The number of phenols is 3. The third kappa shape index (κ3) is 7.15. The van der Waals surface area contributed by atoms with Crippen molar-refractivity contribution in [1.82, 2.24) is 0 Å². The number of hydrogen-bond donors (Lipinski definition) is 6. The first-order valence-electron chi connectivity index (χ1n) is 10.8. The zero-order chi connectivity index (χ0) is 24.0. The molecule has 0 aliphatic carbocycles. The molecule has 1 fully saturated rings. The Kier molecular flexibility index (Phi) is 8.65. The van der Waals surface area contributed by atoms with E-state index < -0.39 is 30.7 Å². The maximum atomic E-state index is 12.7. The van der Waals surface area contributed by atoms with Crippen molar-refractivity contribution < 1.29 is 44.9 Å². The lowest BCUT2D eigenvalue weighted by Crippen LogP contribution is -2.54. The molecule has 0 aromatic heterocycles. The summed E-state index contributed by atoms with van der Waals surface area (Å²) in [5.41, 5.74) is 1.62. The molecule has 3 rings (SSSR count). The highest BCUT2D eigenvalue weighted by Gasteiger charge is 2.39. The second-order valence-electron chi connectivity index (χ2n) is 8.28. The highest BCUT2D eigenvalue weighted by molar-refractivity contribution is 5.79. The molecule has 1 aliphatic rings. The van der Waals surface area contributed by atoms with Crippen LogP contribution in [-0.2, 0) is 27.1 Å². The molecule has 9 heteroatoms. The van der Waals surface area contributed by atoms with Crippen molar-refractivity contribution in [1.29, 1.82) is 0 Å². The molecular formula is C24H30O9. The summed E-state index contributed by atoms with van der Waals surface area (Å²) in [5.74, 6) is -0.442. The van der Waals surface area contributed by atoms with Gasteiger partial charge in [-0.25, -0.2) is 0 Å². The Bertz CT molecular complexity index is 915. The van der Waals surface area contributed by atoms with Crippen LogP contribution in [0.5, 0.6) is 17.2 Å². The number of rotatable bonds is 10. The molecule has 0 spiro atoms. The summed E-state index contributed by atoms with van der Waals surface area (Å²) in [5, 5.41) is 58.2. The van der Waals surface area contributed by atoms with Crippen molar-refractivity contribution in [3.8, 4) is 17.2 Å². The molecule has 9 nitrogen and oxygen atoms in total. The Labute approximate surface area is 191 Å². The molecule has 2 aromatic carbocycles. The molecule has 1 heterocycles. The van der Waals surface area contributed by atoms with E-state index in [1.807, 2.05) is 0 Å². The number of Topliss-reactive ketones (excluding diaryl/α,β-unsaturated/α-hetero) is 1. The van der Waals surface area contributed by atoms with E-state index in [2.05, 4.69) is 0 Å². The van der Waals surface area contributed by atoms with Gasteiger partial charge in [-0.05, 0) is 54.7 Å². The maximum Gasteiger partial charge on any atom is 0.186 e. The number of carbonyl (C=O) groups is 1. The first-order valence-corrected chi connectivity index (χ1v) is 10.8. The lowest BCUT2D eigenvalue weighted by molar-refractivity contribution is -0.282. The van der Waals surface area contributed by atoms with E-state index in [1.165, 1.54) is 12.1 Å². The SMILES string of the molecule is O=C(CCc1ccc(O)c(O)c1)CC(CCc1ccc(O)cc1)OC1OCC(O)C(O)C1O. The topological polar surface area (TPSA) is 157 Å². The highest BCUT2D eigenvalue weighted by atomic mass is 16.7. The summed E-state index contributed by atoms with van der Waals surface area (Å²) in [6, 6.07) is 11.0. The summed E-state index contributed by atoms with van der Waals surface area (Å²) in [6.07, 6.45) is -4.37. The van der Waals surface area contributed by atoms with Crippen LogP contribution in [0.2, 0.25) is 0 Å². The molecule has 0 radical (unpaired) electrons. The van der Waals surface area contributed by atoms with Crippen molar-refractivity contribution in [2.75, 3.05) is 6.61 Å². The third-order valence-corrected chi connectivity index (χ3v) is 5.66. The van der Waals surface area contributed by atoms with Crippen LogP contribution in [0.25, 0.3) is 0 Å². The number of ether oxygens (including phenoxy) is 2. The van der Waals surface area contributed by atoms with Gasteiger partial charge >= 0.3 is 0 Å². The van der Waals surface area contributed by atoms with Crippen molar-refractivity contribution in [2.24, 2.45) is 0 Å². The van der Waals surface area contributed by atoms with Gasteiger partial charge in [-0.1, -0.05) is 18.2 Å². The summed E-state index contributed by atoms with van der Waals surface area (Å²) in [4.78, 5) is 12.7. The normalized spacial score (nSPS) is 23.8. The number of aliphatic hydroxyl groups excluding tert-OH is 3. The average Bonchev–Trinajstić information content (AvgIpc) is 2.79. The fourth-order valence-corrected chi connectivity index (χ4v) is 3.66. The number of aliphatic hydroxyl groups is 3. The van der Waals surface area contributed by atoms with Crippen molar-refractivity contribution >= 4 is 5.78 Å². The van der Waals surface area contributed by atoms with E-state index in [0.717, 1.165) is 5.56 Å². The quantitative estimate of drug-likeness (QED) is 0.285. The minimum Gasteiger partial charge on any atom is -0.508 e. The molecule has 0 bridgehead atoms. The lowest BCUT2D eigenvalue weighted by atomic mass is 9.99. The number of aryl methyl sites for hydroxylation is 2. The first-order chi connectivity index (χ1) is 15.7. The number of phenolic OH excluding ortho intramolecular Hbond substituents is 3. The Balaban J connectivity index is 1.61. The standard InChI is InChI=1S/C24H30O9/c25-16-6-1-14(2-7-16)4-9-18(33-24-23(31)22(30)21(29)13-32-24)12-17(26)8-3-15-5-10-19(27)20(28)11-15/h1-2,5-7,10-11,18,21-25,27-31H,3-4,8-9,12-13H2. The monoisotopic (exact) mass is 462 g/mol. The van der Waals surface area contributed by atoms with Gasteiger partial charge in [0.2, 0.25) is 0 Å². The van der Waals surface area contributed by atoms with E-state index >= 15 is 0 Å². The van der Waals surface area contributed by atoms with Crippen LogP contribution in [-0.4, -0.2) is 73.7 Å². The van der Waals surface area contributed by atoms with Gasteiger partial charge in [-0.15, -0.1) is 0 Å². The molecule has 1 saturated heterocycles. The van der Waals surface area contributed by atoms with Crippen molar-refractivity contribution in [3.63, 3.8) is 0 Å². The van der Waals surface area contributed by atoms with Crippen LogP contribution < -0.4 is 0 Å². The zero-order valence-corrected chi connectivity index (χ0v) is 18.1. The summed E-state index contributed by atoms with van der Waals surface area (Å²) >= 11 is 0. The number of ketones is 1. The highest BCUT2D eigenvalue weighted by Crippen LogP contribution is 2.26. The summed E-state index contributed by atoms with van der Waals surface area (Å²) < 4.78 is 11.2. The van der Waals surface area contributed by atoms with Crippen molar-refractivity contribution in [3.05, 3.63) is 53.6 Å². The molecule has 0 saturated carbocycles. The molecule has 1 aliphatic heterocycles. The van der Waals surface area contributed by atoms with Crippen LogP contribution in [0.1, 0.15) is 30.4 Å². The van der Waals surface area contributed by atoms with Crippen LogP contribution in [0, 0.1) is 0 Å². The summed E-state index contributed by atoms with van der Waals surface area (Å²) in [6.45, 7) is -0.203. The molecular weight excluding hydrogens is 432 g/mol. The predicted octanol–water partition coefficient (Wildman–Crippen LogP) is 1.15. The van der Waals surface area contributed by atoms with E-state index in [0.29, 0.717) is 24.8 Å². The average molecular weight is 462 g/mol. The number of hydrogen-bond acceptors (Lipinski definition) is 9. The Morgan fingerprint density at radius 1 is 0.939 bits per heavy atom. The Hall–Kier alpha value is -2.69. The number of aromatic hydroxyl groups is 3. The molecule has 2 aromatic rings. The largest absolute Gasteiger partial charge is 0.508 e. The maximum absolute atomic E-state index is 12.7. The molecule has 6 N–H and O–H groups in total. The van der Waals surface area contributed by atoms with Gasteiger partial charge in [0.25, 0.3) is 0 Å².